The minimum atomic E-state index is -1.19. The van der Waals surface area contributed by atoms with E-state index in [1.165, 1.54) is 29.5 Å². The van der Waals surface area contributed by atoms with Gasteiger partial charge in [-0.2, -0.15) is 0 Å². The van der Waals surface area contributed by atoms with Gasteiger partial charge in [-0.3, -0.25) is 4.79 Å². The molecule has 1 fully saturated rings. The van der Waals surface area contributed by atoms with E-state index >= 15 is 0 Å². The van der Waals surface area contributed by atoms with Crippen molar-refractivity contribution < 1.29 is 18.7 Å². The largest absolute Gasteiger partial charge is 0.454 e. The van der Waals surface area contributed by atoms with E-state index < -0.39 is 5.60 Å². The highest BCUT2D eigenvalue weighted by Gasteiger charge is 2.26. The zero-order valence-corrected chi connectivity index (χ0v) is 23.8. The van der Waals surface area contributed by atoms with Crippen LogP contribution < -0.4 is 10.3 Å². The van der Waals surface area contributed by atoms with Gasteiger partial charge >= 0.3 is 0 Å². The van der Waals surface area contributed by atoms with Crippen molar-refractivity contribution in [2.24, 2.45) is 7.05 Å². The number of rotatable bonds is 6. The van der Waals surface area contributed by atoms with E-state index in [0.717, 1.165) is 18.7 Å². The number of furan rings is 1. The third kappa shape index (κ3) is 4.95. The number of aryl methyl sites for hydroxylation is 3. The Morgan fingerprint density at radius 3 is 2.46 bits per heavy atom. The molecule has 6 rings (SSSR count). The average molecular weight is 557 g/mol. The maximum Gasteiger partial charge on any atom is 0.261 e. The number of imidazole rings is 1. The van der Waals surface area contributed by atoms with E-state index in [2.05, 4.69) is 15.0 Å². The van der Waals surface area contributed by atoms with Gasteiger partial charge in [0.25, 0.3) is 5.56 Å². The van der Waals surface area contributed by atoms with Crippen LogP contribution in [0.2, 0.25) is 0 Å². The smallest absolute Gasteiger partial charge is 0.261 e. The molecular formula is C32H33FN4O4. The molecule has 41 heavy (non-hydrogen) atoms. The van der Waals surface area contributed by atoms with Gasteiger partial charge in [0.2, 0.25) is 5.88 Å². The van der Waals surface area contributed by atoms with Gasteiger partial charge in [0.05, 0.1) is 22.7 Å². The lowest BCUT2D eigenvalue weighted by Gasteiger charge is -2.20. The zero-order valence-electron chi connectivity index (χ0n) is 23.8. The first-order valence-corrected chi connectivity index (χ1v) is 13.9. The van der Waals surface area contributed by atoms with E-state index in [1.54, 1.807) is 65.5 Å². The summed E-state index contributed by atoms with van der Waals surface area (Å²) in [6, 6.07) is 6.32. The minimum absolute atomic E-state index is 0.214. The lowest BCUT2D eigenvalue weighted by molar-refractivity contribution is 0.0782. The number of hydrogen-bond donors (Lipinski definition) is 2. The molecule has 0 radical (unpaired) electrons. The first kappa shape index (κ1) is 27.0. The van der Waals surface area contributed by atoms with E-state index in [-0.39, 0.29) is 17.3 Å². The molecule has 0 amide bonds. The number of fused-ring (bicyclic) bond motifs is 1. The Morgan fingerprint density at radius 1 is 1.07 bits per heavy atom. The Bertz CT molecular complexity index is 1810. The molecule has 1 saturated carbocycles. The Kier molecular flexibility index (Phi) is 6.57. The summed E-state index contributed by atoms with van der Waals surface area (Å²) in [5.41, 5.74) is 2.53. The highest BCUT2D eigenvalue weighted by molar-refractivity contribution is 5.95. The minimum Gasteiger partial charge on any atom is -0.454 e. The number of H-pyrrole nitrogens is 1. The lowest BCUT2D eigenvalue weighted by atomic mass is 9.96. The van der Waals surface area contributed by atoms with Gasteiger partial charge in [0.15, 0.2) is 5.76 Å². The van der Waals surface area contributed by atoms with Crippen molar-refractivity contribution in [1.82, 2.24) is 19.5 Å². The molecule has 0 aliphatic heterocycles. The number of aromatic amines is 1. The summed E-state index contributed by atoms with van der Waals surface area (Å²) in [4.78, 5) is 25.8. The van der Waals surface area contributed by atoms with Crippen molar-refractivity contribution in [2.75, 3.05) is 0 Å². The summed E-state index contributed by atoms with van der Waals surface area (Å²) < 4.78 is 28.2. The van der Waals surface area contributed by atoms with E-state index in [9.17, 15) is 14.3 Å². The highest BCUT2D eigenvalue weighted by Crippen LogP contribution is 2.41. The first-order chi connectivity index (χ1) is 19.5. The highest BCUT2D eigenvalue weighted by atomic mass is 19.1. The number of hydrogen-bond acceptors (Lipinski definition) is 6. The van der Waals surface area contributed by atoms with Crippen molar-refractivity contribution >= 4 is 11.0 Å². The standard InChI is InChI=1S/C32H33FN4O4/c1-17-10-21(33)11-18(2)27(17)41-30-22(12-20(14-35-30)32(3,4)39)24-16-37(5)31(38)23-13-26(40-28(23)24)25-15-34-29(36-25)19-8-6-7-9-19/h10-16,19,39H,6-9H2,1-5H3,(H,34,36). The summed E-state index contributed by atoms with van der Waals surface area (Å²) in [7, 11) is 1.68. The van der Waals surface area contributed by atoms with Crippen LogP contribution in [0.1, 0.15) is 68.0 Å². The normalized spacial score (nSPS) is 14.3. The lowest BCUT2D eigenvalue weighted by Crippen LogP contribution is -2.17. The predicted molar refractivity (Wildman–Crippen MR) is 155 cm³/mol. The Labute approximate surface area is 236 Å². The van der Waals surface area contributed by atoms with Crippen molar-refractivity contribution in [1.29, 1.82) is 0 Å². The summed E-state index contributed by atoms with van der Waals surface area (Å²) in [6.07, 6.45) is 9.59. The molecule has 0 unspecified atom stereocenters. The van der Waals surface area contributed by atoms with E-state index in [4.69, 9.17) is 9.15 Å². The van der Waals surface area contributed by atoms with Crippen molar-refractivity contribution in [3.05, 3.63) is 81.5 Å². The molecule has 4 heterocycles. The maximum atomic E-state index is 14.0. The van der Waals surface area contributed by atoms with E-state index in [1.807, 2.05) is 0 Å². The van der Waals surface area contributed by atoms with Gasteiger partial charge in [-0.1, -0.05) is 12.8 Å². The van der Waals surface area contributed by atoms with Crippen LogP contribution in [0.15, 0.2) is 52.1 Å². The molecule has 0 spiro atoms. The first-order valence-electron chi connectivity index (χ1n) is 13.9. The molecule has 0 atom stereocenters. The number of pyridine rings is 2. The third-order valence-corrected chi connectivity index (χ3v) is 7.92. The fourth-order valence-corrected chi connectivity index (χ4v) is 5.66. The number of aliphatic hydroxyl groups is 1. The molecule has 2 N–H and O–H groups in total. The predicted octanol–water partition coefficient (Wildman–Crippen LogP) is 7.02. The molecule has 9 heteroatoms. The van der Waals surface area contributed by atoms with Gasteiger partial charge in [0, 0.05) is 36.5 Å². The van der Waals surface area contributed by atoms with Crippen LogP contribution in [0.4, 0.5) is 4.39 Å². The van der Waals surface area contributed by atoms with Crippen LogP contribution in [-0.2, 0) is 12.6 Å². The number of halogens is 1. The molecular weight excluding hydrogens is 523 g/mol. The number of benzene rings is 1. The van der Waals surface area contributed by atoms with Crippen LogP contribution in [0.5, 0.6) is 11.6 Å². The summed E-state index contributed by atoms with van der Waals surface area (Å²) >= 11 is 0. The molecule has 4 aromatic heterocycles. The van der Waals surface area contributed by atoms with Crippen LogP contribution in [0.25, 0.3) is 33.6 Å². The summed E-state index contributed by atoms with van der Waals surface area (Å²) in [5.74, 6) is 2.21. The monoisotopic (exact) mass is 556 g/mol. The molecule has 5 aromatic rings. The number of ether oxygens (including phenoxy) is 1. The molecule has 8 nitrogen and oxygen atoms in total. The fourth-order valence-electron chi connectivity index (χ4n) is 5.66. The number of nitrogens with zero attached hydrogens (tertiary/aromatic N) is 3. The quantitative estimate of drug-likeness (QED) is 0.233. The van der Waals surface area contributed by atoms with Gasteiger partial charge in [-0.15, -0.1) is 0 Å². The molecule has 1 aliphatic rings. The molecule has 212 valence electrons. The second-order valence-corrected chi connectivity index (χ2v) is 11.6. The SMILES string of the molecule is Cc1cc(F)cc(C)c1Oc1ncc(C(C)(C)O)cc1-c1cn(C)c(=O)c2cc(-c3cnc(C4CCCC4)[nH]3)oc12. The molecule has 1 aromatic carbocycles. The summed E-state index contributed by atoms with van der Waals surface area (Å²) in [5, 5.41) is 11.2. The average Bonchev–Trinajstić information content (AvgIpc) is 3.68. The second-order valence-electron chi connectivity index (χ2n) is 11.6. The van der Waals surface area contributed by atoms with Gasteiger partial charge in [-0.05, 0) is 75.9 Å². The fraction of sp³-hybridized carbons (Fsp3) is 0.344. The maximum absolute atomic E-state index is 14.0. The number of nitrogens with one attached hydrogen (secondary N) is 1. The molecule has 0 saturated heterocycles. The topological polar surface area (TPSA) is 106 Å². The van der Waals surface area contributed by atoms with Gasteiger partial charge in [0.1, 0.15) is 28.7 Å². The van der Waals surface area contributed by atoms with Crippen molar-refractivity contribution in [3.63, 3.8) is 0 Å². The van der Waals surface area contributed by atoms with Crippen molar-refractivity contribution in [3.8, 4) is 34.2 Å². The summed E-state index contributed by atoms with van der Waals surface area (Å²) in [6.45, 7) is 6.88. The Balaban J connectivity index is 1.53. The molecule has 0 bridgehead atoms. The number of aromatic nitrogens is 4. The van der Waals surface area contributed by atoms with Crippen LogP contribution in [-0.4, -0.2) is 24.6 Å². The van der Waals surface area contributed by atoms with E-state index in [0.29, 0.717) is 61.9 Å². The Morgan fingerprint density at radius 2 is 1.78 bits per heavy atom. The molecule has 1 aliphatic carbocycles. The van der Waals surface area contributed by atoms with Gasteiger partial charge < -0.3 is 23.8 Å². The van der Waals surface area contributed by atoms with Crippen LogP contribution >= 0.6 is 0 Å². The van der Waals surface area contributed by atoms with Crippen LogP contribution in [0.3, 0.4) is 0 Å². The second kappa shape index (κ2) is 9.99. The Hall–Kier alpha value is -4.24. The third-order valence-electron chi connectivity index (χ3n) is 7.92. The van der Waals surface area contributed by atoms with Crippen LogP contribution in [0, 0.1) is 19.7 Å². The zero-order chi connectivity index (χ0) is 29.1. The van der Waals surface area contributed by atoms with Gasteiger partial charge in [-0.25, -0.2) is 14.4 Å². The van der Waals surface area contributed by atoms with Crippen molar-refractivity contribution in [2.45, 2.75) is 64.9 Å².